The molecule has 1 aliphatic rings. The molecule has 1 aliphatic heterocycles. The van der Waals surface area contributed by atoms with Crippen molar-refractivity contribution >= 4 is 0 Å². The van der Waals surface area contributed by atoms with Crippen molar-refractivity contribution in [2.45, 2.75) is 30.6 Å². The molecule has 4 N–H and O–H groups in total. The van der Waals surface area contributed by atoms with Gasteiger partial charge in [0.1, 0.15) is 18.3 Å². The van der Waals surface area contributed by atoms with E-state index in [1.165, 1.54) is 0 Å². The first-order valence-electron chi connectivity index (χ1n) is 4.46. The van der Waals surface area contributed by atoms with Gasteiger partial charge in [-0.15, -0.1) is 0 Å². The van der Waals surface area contributed by atoms with Crippen LogP contribution in [0, 0.1) is 0 Å². The summed E-state index contributed by atoms with van der Waals surface area (Å²) in [6, 6.07) is -0.687. The van der Waals surface area contributed by atoms with E-state index in [0.29, 0.717) is 0 Å². The molecule has 0 aromatic rings. The fraction of sp³-hybridized carbons (Fsp3) is 1.00. The lowest BCUT2D eigenvalue weighted by Gasteiger charge is -2.42. The second-order valence-corrected chi connectivity index (χ2v) is 3.68. The molecule has 1 heterocycles. The van der Waals surface area contributed by atoms with Crippen LogP contribution in [0.2, 0.25) is 0 Å². The Morgan fingerprint density at radius 2 is 1.71 bits per heavy atom. The minimum absolute atomic E-state index is 0.435. The summed E-state index contributed by atoms with van der Waals surface area (Å²) < 4.78 is 4.95. The van der Waals surface area contributed by atoms with Gasteiger partial charge in [-0.1, -0.05) is 0 Å². The summed E-state index contributed by atoms with van der Waals surface area (Å²) >= 11 is 0. The lowest BCUT2D eigenvalue weighted by molar-refractivity contribution is -0.268. The van der Waals surface area contributed by atoms with Gasteiger partial charge in [0.2, 0.25) is 0 Å². The van der Waals surface area contributed by atoms with Crippen molar-refractivity contribution in [1.82, 2.24) is 4.90 Å². The number of aliphatic hydroxyl groups excluding tert-OH is 4. The monoisotopic (exact) mass is 207 g/mol. The molecular formula is C8H17NO5. The van der Waals surface area contributed by atoms with Gasteiger partial charge in [0, 0.05) is 0 Å². The highest BCUT2D eigenvalue weighted by Crippen LogP contribution is 2.22. The first-order chi connectivity index (χ1) is 6.49. The molecule has 14 heavy (non-hydrogen) atoms. The van der Waals surface area contributed by atoms with Gasteiger partial charge in [0.25, 0.3) is 0 Å². The van der Waals surface area contributed by atoms with E-state index in [9.17, 15) is 15.3 Å². The number of hydrogen-bond acceptors (Lipinski definition) is 6. The maximum absolute atomic E-state index is 9.64. The minimum atomic E-state index is -1.21. The third-order valence-corrected chi connectivity index (χ3v) is 2.46. The largest absolute Gasteiger partial charge is 0.394 e. The Hall–Kier alpha value is -0.240. The van der Waals surface area contributed by atoms with Crippen LogP contribution in [0.5, 0.6) is 0 Å². The van der Waals surface area contributed by atoms with Crippen molar-refractivity contribution in [3.05, 3.63) is 0 Å². The molecule has 0 unspecified atom stereocenters. The van der Waals surface area contributed by atoms with E-state index in [4.69, 9.17) is 9.84 Å². The highest BCUT2D eigenvalue weighted by Gasteiger charge is 2.44. The van der Waals surface area contributed by atoms with Gasteiger partial charge in [0.05, 0.1) is 12.6 Å². The summed E-state index contributed by atoms with van der Waals surface area (Å²) in [6.45, 7) is -0.435. The quantitative estimate of drug-likeness (QED) is 0.395. The SMILES string of the molecule is CN(C)[C@@H]1[C@@H](O)[C@@H](O)[C@@H](CO)O[C@@H]1O. The Kier molecular flexibility index (Phi) is 3.82. The minimum Gasteiger partial charge on any atom is -0.394 e. The van der Waals surface area contributed by atoms with Gasteiger partial charge in [-0.25, -0.2) is 0 Å². The molecule has 0 aromatic carbocycles. The number of hydrogen-bond donors (Lipinski definition) is 4. The zero-order valence-electron chi connectivity index (χ0n) is 8.24. The molecule has 1 saturated heterocycles. The Labute approximate surface area is 82.3 Å². The molecule has 0 radical (unpaired) electrons. The molecule has 0 aliphatic carbocycles. The first-order valence-corrected chi connectivity index (χ1v) is 4.46. The van der Waals surface area contributed by atoms with Crippen molar-refractivity contribution in [1.29, 1.82) is 0 Å². The van der Waals surface area contributed by atoms with Crippen LogP contribution in [0.15, 0.2) is 0 Å². The van der Waals surface area contributed by atoms with Crippen LogP contribution in [0.1, 0.15) is 0 Å². The van der Waals surface area contributed by atoms with E-state index in [1.807, 2.05) is 0 Å². The van der Waals surface area contributed by atoms with E-state index in [0.717, 1.165) is 0 Å². The molecule has 5 atom stereocenters. The zero-order valence-corrected chi connectivity index (χ0v) is 8.24. The molecule has 0 bridgehead atoms. The van der Waals surface area contributed by atoms with E-state index in [-0.39, 0.29) is 0 Å². The van der Waals surface area contributed by atoms with Gasteiger partial charge in [-0.3, -0.25) is 4.90 Å². The standard InChI is InChI=1S/C8H17NO5/c1-9(2)5-7(12)6(11)4(3-10)14-8(5)13/h4-8,10-13H,3H2,1-2H3/t4-,5-,6+,7-,8+/m1/s1. The normalized spacial score (nSPS) is 44.4. The van der Waals surface area contributed by atoms with E-state index >= 15 is 0 Å². The van der Waals surface area contributed by atoms with Crippen LogP contribution in [0.25, 0.3) is 0 Å². The van der Waals surface area contributed by atoms with Gasteiger partial charge in [-0.2, -0.15) is 0 Å². The molecule has 1 rings (SSSR count). The lowest BCUT2D eigenvalue weighted by atomic mass is 9.96. The van der Waals surface area contributed by atoms with Crippen LogP contribution in [0.4, 0.5) is 0 Å². The van der Waals surface area contributed by atoms with Crippen LogP contribution < -0.4 is 0 Å². The molecule has 6 nitrogen and oxygen atoms in total. The summed E-state index contributed by atoms with van der Waals surface area (Å²) in [5.41, 5.74) is 0. The fourth-order valence-electron chi connectivity index (χ4n) is 1.64. The van der Waals surface area contributed by atoms with Crippen molar-refractivity contribution in [2.24, 2.45) is 0 Å². The average molecular weight is 207 g/mol. The van der Waals surface area contributed by atoms with Gasteiger partial charge in [0.15, 0.2) is 6.29 Å². The van der Waals surface area contributed by atoms with Crippen LogP contribution >= 0.6 is 0 Å². The Morgan fingerprint density at radius 3 is 2.14 bits per heavy atom. The fourth-order valence-corrected chi connectivity index (χ4v) is 1.64. The first kappa shape index (κ1) is 11.8. The third-order valence-electron chi connectivity index (χ3n) is 2.46. The van der Waals surface area contributed by atoms with E-state index in [1.54, 1.807) is 19.0 Å². The summed E-state index contributed by atoms with van der Waals surface area (Å²) in [5.74, 6) is 0. The Balaban J connectivity index is 2.74. The summed E-state index contributed by atoms with van der Waals surface area (Å²) in [4.78, 5) is 1.56. The maximum Gasteiger partial charge on any atom is 0.173 e. The third kappa shape index (κ3) is 2.05. The van der Waals surface area contributed by atoms with E-state index < -0.39 is 37.3 Å². The molecule has 0 saturated carbocycles. The highest BCUT2D eigenvalue weighted by molar-refractivity contribution is 4.92. The molecule has 0 spiro atoms. The second-order valence-electron chi connectivity index (χ2n) is 3.68. The second kappa shape index (κ2) is 4.52. The van der Waals surface area contributed by atoms with Crippen molar-refractivity contribution < 1.29 is 25.2 Å². The van der Waals surface area contributed by atoms with Crippen molar-refractivity contribution in [2.75, 3.05) is 20.7 Å². The van der Waals surface area contributed by atoms with E-state index in [2.05, 4.69) is 0 Å². The average Bonchev–Trinajstić information content (AvgIpc) is 2.10. The Bertz CT molecular complexity index is 189. The highest BCUT2D eigenvalue weighted by atomic mass is 16.6. The lowest BCUT2D eigenvalue weighted by Crippen LogP contribution is -2.62. The van der Waals surface area contributed by atoms with Gasteiger partial charge < -0.3 is 25.2 Å². The van der Waals surface area contributed by atoms with Crippen LogP contribution in [0.3, 0.4) is 0 Å². The molecular weight excluding hydrogens is 190 g/mol. The molecule has 6 heteroatoms. The van der Waals surface area contributed by atoms with Crippen molar-refractivity contribution in [3.8, 4) is 0 Å². The summed E-state index contributed by atoms with van der Waals surface area (Å²) in [7, 11) is 3.32. The maximum atomic E-state index is 9.64. The topological polar surface area (TPSA) is 93.4 Å². The van der Waals surface area contributed by atoms with Gasteiger partial charge >= 0.3 is 0 Å². The summed E-state index contributed by atoms with van der Waals surface area (Å²) in [5, 5.41) is 37.4. The zero-order chi connectivity index (χ0) is 10.9. The molecule has 84 valence electrons. The molecule has 0 amide bonds. The number of likely N-dealkylation sites (N-methyl/N-ethyl adjacent to an activating group) is 1. The number of rotatable bonds is 2. The number of ether oxygens (including phenoxy) is 1. The van der Waals surface area contributed by atoms with Crippen LogP contribution in [-0.2, 0) is 4.74 Å². The van der Waals surface area contributed by atoms with Crippen LogP contribution in [-0.4, -0.2) is 76.7 Å². The van der Waals surface area contributed by atoms with Crippen molar-refractivity contribution in [3.63, 3.8) is 0 Å². The van der Waals surface area contributed by atoms with Gasteiger partial charge in [-0.05, 0) is 14.1 Å². The smallest absolute Gasteiger partial charge is 0.173 e. The molecule has 1 fully saturated rings. The number of aliphatic hydroxyl groups is 4. The number of nitrogens with zero attached hydrogens (tertiary/aromatic N) is 1. The summed E-state index contributed by atoms with van der Waals surface area (Å²) in [6.07, 6.45) is -4.46. The molecule has 0 aromatic heterocycles. The Morgan fingerprint density at radius 1 is 1.14 bits per heavy atom. The predicted molar refractivity (Wildman–Crippen MR) is 47.5 cm³/mol. The predicted octanol–water partition coefficient (Wildman–Crippen LogP) is -2.65.